The summed E-state index contributed by atoms with van der Waals surface area (Å²) in [7, 11) is 0. The summed E-state index contributed by atoms with van der Waals surface area (Å²) in [6.07, 6.45) is 4.38. The molecular weight excluding hydrogens is 273 g/mol. The summed E-state index contributed by atoms with van der Waals surface area (Å²) in [5, 5.41) is 0. The molecule has 2 heteroatoms. The Morgan fingerprint density at radius 1 is 1.23 bits per heavy atom. The second kappa shape index (κ2) is 7.06. The Morgan fingerprint density at radius 3 is 2.69 bits per heavy atom. The van der Waals surface area contributed by atoms with Crippen molar-refractivity contribution in [2.75, 3.05) is 4.43 Å². The second-order valence-electron chi connectivity index (χ2n) is 2.84. The molecule has 0 unspecified atom stereocenters. The van der Waals surface area contributed by atoms with Gasteiger partial charge in [0, 0.05) is 0 Å². The first-order valence-electron chi connectivity index (χ1n) is 4.51. The monoisotopic (exact) mass is 287 g/mol. The Hall–Kier alpha value is -0.380. The lowest BCUT2D eigenvalue weighted by Gasteiger charge is -1.94. The van der Waals surface area contributed by atoms with Crippen LogP contribution < -0.4 is 0 Å². The van der Waals surface area contributed by atoms with E-state index in [0.717, 1.165) is 13.0 Å². The van der Waals surface area contributed by atoms with Crippen LogP contribution in [-0.2, 0) is 6.54 Å². The van der Waals surface area contributed by atoms with E-state index in [-0.39, 0.29) is 0 Å². The SMILES string of the molecule is ICCCC=NCc1ccccc1. The Kier molecular flexibility index (Phi) is 5.81. The molecule has 0 atom stereocenters. The number of nitrogens with zero attached hydrogens (tertiary/aromatic N) is 1. The number of aliphatic imine (C=N–C) groups is 1. The molecule has 0 spiro atoms. The number of hydrogen-bond acceptors (Lipinski definition) is 1. The molecule has 0 N–H and O–H groups in total. The molecule has 0 saturated heterocycles. The van der Waals surface area contributed by atoms with Crippen LogP contribution in [0.1, 0.15) is 18.4 Å². The first-order valence-corrected chi connectivity index (χ1v) is 6.04. The van der Waals surface area contributed by atoms with E-state index < -0.39 is 0 Å². The van der Waals surface area contributed by atoms with E-state index >= 15 is 0 Å². The van der Waals surface area contributed by atoms with Gasteiger partial charge in [-0.25, -0.2) is 0 Å². The lowest BCUT2D eigenvalue weighted by atomic mass is 10.2. The highest BCUT2D eigenvalue weighted by Crippen LogP contribution is 2.00. The number of alkyl halides is 1. The first kappa shape index (κ1) is 10.7. The lowest BCUT2D eigenvalue weighted by molar-refractivity contribution is 1.01. The van der Waals surface area contributed by atoms with Gasteiger partial charge in [-0.1, -0.05) is 52.9 Å². The molecule has 0 aliphatic heterocycles. The summed E-state index contributed by atoms with van der Waals surface area (Å²) >= 11 is 2.39. The van der Waals surface area contributed by atoms with Gasteiger partial charge >= 0.3 is 0 Å². The molecule has 0 aromatic heterocycles. The highest BCUT2D eigenvalue weighted by molar-refractivity contribution is 14.1. The zero-order chi connectivity index (χ0) is 9.36. The summed E-state index contributed by atoms with van der Waals surface area (Å²) in [4.78, 5) is 4.35. The van der Waals surface area contributed by atoms with Crippen LogP contribution in [0, 0.1) is 0 Å². The molecule has 0 radical (unpaired) electrons. The molecule has 1 aromatic rings. The molecule has 0 bridgehead atoms. The van der Waals surface area contributed by atoms with Crippen LogP contribution in [0.2, 0.25) is 0 Å². The average Bonchev–Trinajstić information content (AvgIpc) is 2.19. The van der Waals surface area contributed by atoms with Crippen LogP contribution in [0.25, 0.3) is 0 Å². The van der Waals surface area contributed by atoms with Crippen LogP contribution >= 0.6 is 22.6 Å². The summed E-state index contributed by atoms with van der Waals surface area (Å²) in [5.41, 5.74) is 1.29. The van der Waals surface area contributed by atoms with Crippen molar-refractivity contribution in [3.05, 3.63) is 35.9 Å². The number of rotatable bonds is 5. The van der Waals surface area contributed by atoms with Crippen molar-refractivity contribution in [3.63, 3.8) is 0 Å². The van der Waals surface area contributed by atoms with Gasteiger partial charge in [0.2, 0.25) is 0 Å². The van der Waals surface area contributed by atoms with Crippen LogP contribution in [0.15, 0.2) is 35.3 Å². The van der Waals surface area contributed by atoms with Gasteiger partial charge in [0.25, 0.3) is 0 Å². The van der Waals surface area contributed by atoms with Crippen LogP contribution in [0.5, 0.6) is 0 Å². The van der Waals surface area contributed by atoms with Crippen molar-refractivity contribution in [2.45, 2.75) is 19.4 Å². The van der Waals surface area contributed by atoms with E-state index in [9.17, 15) is 0 Å². The fourth-order valence-corrected chi connectivity index (χ4v) is 1.45. The molecular formula is C11H14IN. The van der Waals surface area contributed by atoms with Crippen molar-refractivity contribution < 1.29 is 0 Å². The van der Waals surface area contributed by atoms with Crippen molar-refractivity contribution in [3.8, 4) is 0 Å². The molecule has 0 aliphatic carbocycles. The molecule has 0 heterocycles. The van der Waals surface area contributed by atoms with Gasteiger partial charge in [-0.15, -0.1) is 0 Å². The number of halogens is 1. The van der Waals surface area contributed by atoms with Gasteiger partial charge in [0.05, 0.1) is 6.54 Å². The normalized spacial score (nSPS) is 10.8. The van der Waals surface area contributed by atoms with Crippen molar-refractivity contribution in [1.82, 2.24) is 0 Å². The Labute approximate surface area is 93.4 Å². The third-order valence-corrected chi connectivity index (χ3v) is 2.48. The average molecular weight is 287 g/mol. The third kappa shape index (κ3) is 5.03. The highest BCUT2D eigenvalue weighted by Gasteiger charge is 1.85. The standard InChI is InChI=1S/C11H14IN/c12-8-4-5-9-13-10-11-6-2-1-3-7-11/h1-3,6-7,9H,4-5,8,10H2. The lowest BCUT2D eigenvalue weighted by Crippen LogP contribution is -1.82. The molecule has 0 aliphatic rings. The predicted octanol–water partition coefficient (Wildman–Crippen LogP) is 3.47. The zero-order valence-corrected chi connectivity index (χ0v) is 9.78. The maximum atomic E-state index is 4.35. The predicted molar refractivity (Wildman–Crippen MR) is 66.8 cm³/mol. The van der Waals surface area contributed by atoms with E-state index in [2.05, 4.69) is 51.8 Å². The fourth-order valence-electron chi connectivity index (χ4n) is 1.01. The summed E-state index contributed by atoms with van der Waals surface area (Å²) in [6, 6.07) is 10.3. The van der Waals surface area contributed by atoms with Crippen molar-refractivity contribution in [1.29, 1.82) is 0 Å². The molecule has 0 saturated carbocycles. The summed E-state index contributed by atoms with van der Waals surface area (Å²) < 4.78 is 1.22. The van der Waals surface area contributed by atoms with Gasteiger partial charge in [-0.2, -0.15) is 0 Å². The number of unbranched alkanes of at least 4 members (excludes halogenated alkanes) is 1. The van der Waals surface area contributed by atoms with Crippen LogP contribution in [0.3, 0.4) is 0 Å². The molecule has 13 heavy (non-hydrogen) atoms. The molecule has 70 valence electrons. The largest absolute Gasteiger partial charge is 0.293 e. The van der Waals surface area contributed by atoms with E-state index in [1.165, 1.54) is 16.4 Å². The molecule has 1 rings (SSSR count). The maximum Gasteiger partial charge on any atom is 0.0635 e. The molecule has 1 nitrogen and oxygen atoms in total. The third-order valence-electron chi connectivity index (χ3n) is 1.71. The Bertz CT molecular complexity index is 244. The molecule has 0 amide bonds. The fraction of sp³-hybridized carbons (Fsp3) is 0.364. The molecule has 1 aromatic carbocycles. The molecule has 0 fully saturated rings. The van der Waals surface area contributed by atoms with Crippen LogP contribution in [0.4, 0.5) is 0 Å². The first-order chi connectivity index (χ1) is 6.43. The van der Waals surface area contributed by atoms with Gasteiger partial charge in [-0.3, -0.25) is 4.99 Å². The summed E-state index contributed by atoms with van der Waals surface area (Å²) in [6.45, 7) is 0.822. The van der Waals surface area contributed by atoms with Gasteiger partial charge in [-0.05, 0) is 29.0 Å². The summed E-state index contributed by atoms with van der Waals surface area (Å²) in [5.74, 6) is 0. The van der Waals surface area contributed by atoms with E-state index in [1.54, 1.807) is 0 Å². The zero-order valence-electron chi connectivity index (χ0n) is 7.62. The van der Waals surface area contributed by atoms with Crippen LogP contribution in [-0.4, -0.2) is 10.6 Å². The highest BCUT2D eigenvalue weighted by atomic mass is 127. The van der Waals surface area contributed by atoms with E-state index in [4.69, 9.17) is 0 Å². The number of hydrogen-bond donors (Lipinski definition) is 0. The minimum Gasteiger partial charge on any atom is -0.293 e. The topological polar surface area (TPSA) is 12.4 Å². The van der Waals surface area contributed by atoms with E-state index in [0.29, 0.717) is 0 Å². The smallest absolute Gasteiger partial charge is 0.0635 e. The van der Waals surface area contributed by atoms with Gasteiger partial charge in [0.15, 0.2) is 0 Å². The minimum atomic E-state index is 0.822. The second-order valence-corrected chi connectivity index (χ2v) is 3.92. The minimum absolute atomic E-state index is 0.822. The maximum absolute atomic E-state index is 4.35. The van der Waals surface area contributed by atoms with Crippen molar-refractivity contribution >= 4 is 28.8 Å². The Balaban J connectivity index is 2.23. The Morgan fingerprint density at radius 2 is 2.00 bits per heavy atom. The quantitative estimate of drug-likeness (QED) is 0.340. The van der Waals surface area contributed by atoms with Crippen molar-refractivity contribution in [2.24, 2.45) is 4.99 Å². The number of benzene rings is 1. The van der Waals surface area contributed by atoms with Gasteiger partial charge < -0.3 is 0 Å². The van der Waals surface area contributed by atoms with E-state index in [1.807, 2.05) is 12.3 Å². The van der Waals surface area contributed by atoms with Gasteiger partial charge in [0.1, 0.15) is 0 Å².